The van der Waals surface area contributed by atoms with Crippen molar-refractivity contribution in [1.82, 2.24) is 10.2 Å². The lowest BCUT2D eigenvalue weighted by Crippen LogP contribution is -2.54. The minimum absolute atomic E-state index is 0.0739. The van der Waals surface area contributed by atoms with E-state index in [1.807, 2.05) is 38.1 Å². The van der Waals surface area contributed by atoms with E-state index in [-0.39, 0.29) is 34.7 Å². The molecule has 1 aromatic carbocycles. The molecule has 2 fully saturated rings. The van der Waals surface area contributed by atoms with Crippen LogP contribution in [-0.2, 0) is 4.79 Å². The van der Waals surface area contributed by atoms with Gasteiger partial charge in [0.2, 0.25) is 5.91 Å². The number of carbonyl (C=O) groups excluding carboxylic acids is 2. The largest absolute Gasteiger partial charge is 0.337 e. The van der Waals surface area contributed by atoms with Crippen molar-refractivity contribution in [2.24, 2.45) is 16.7 Å². The molecule has 2 aliphatic rings. The Morgan fingerprint density at radius 2 is 1.83 bits per heavy atom. The molecular weight excluding hydrogens is 362 g/mol. The van der Waals surface area contributed by atoms with Gasteiger partial charge in [-0.05, 0) is 55.1 Å². The fourth-order valence-electron chi connectivity index (χ4n) is 5.52. The molecule has 1 aromatic rings. The van der Waals surface area contributed by atoms with E-state index >= 15 is 0 Å². The molecule has 4 atom stereocenters. The van der Waals surface area contributed by atoms with Gasteiger partial charge in [-0.25, -0.2) is 4.79 Å². The Morgan fingerprint density at radius 3 is 2.45 bits per heavy atom. The zero-order valence-corrected chi connectivity index (χ0v) is 18.8. The highest BCUT2D eigenvalue weighted by molar-refractivity contribution is 5.94. The van der Waals surface area contributed by atoms with Crippen LogP contribution in [0.3, 0.4) is 0 Å². The van der Waals surface area contributed by atoms with E-state index in [2.05, 4.69) is 43.2 Å². The van der Waals surface area contributed by atoms with Crippen molar-refractivity contribution in [2.75, 3.05) is 11.9 Å². The van der Waals surface area contributed by atoms with Crippen molar-refractivity contribution >= 4 is 17.6 Å². The second-order valence-corrected chi connectivity index (χ2v) is 10.5. The Labute approximate surface area is 175 Å². The molecule has 2 N–H and O–H groups in total. The zero-order chi connectivity index (χ0) is 21.4. The lowest BCUT2D eigenvalue weighted by Gasteiger charge is -2.39. The maximum Gasteiger partial charge on any atom is 0.319 e. The van der Waals surface area contributed by atoms with Gasteiger partial charge in [0.15, 0.2) is 0 Å². The number of benzene rings is 1. The molecule has 0 spiro atoms. The molecule has 29 heavy (non-hydrogen) atoms. The van der Waals surface area contributed by atoms with Gasteiger partial charge in [-0.15, -0.1) is 0 Å². The van der Waals surface area contributed by atoms with Crippen molar-refractivity contribution in [1.29, 1.82) is 0 Å². The fourth-order valence-corrected chi connectivity index (χ4v) is 5.52. The zero-order valence-electron chi connectivity index (χ0n) is 18.8. The van der Waals surface area contributed by atoms with Crippen LogP contribution in [0, 0.1) is 23.7 Å². The Morgan fingerprint density at radius 1 is 1.17 bits per heavy atom. The van der Waals surface area contributed by atoms with Gasteiger partial charge in [0.05, 0.1) is 0 Å². The number of amides is 3. The van der Waals surface area contributed by atoms with Gasteiger partial charge in [0.1, 0.15) is 6.04 Å². The number of fused-ring (bicyclic) bond motifs is 2. The normalized spacial score (nSPS) is 27.2. The van der Waals surface area contributed by atoms with Crippen molar-refractivity contribution in [2.45, 2.75) is 79.3 Å². The van der Waals surface area contributed by atoms with Crippen LogP contribution in [0.15, 0.2) is 24.3 Å². The summed E-state index contributed by atoms with van der Waals surface area (Å²) in [7, 11) is 0. The van der Waals surface area contributed by atoms with E-state index in [9.17, 15) is 9.59 Å². The minimum Gasteiger partial charge on any atom is -0.337 e. The Bertz CT molecular complexity index is 758. The first-order valence-corrected chi connectivity index (χ1v) is 11.0. The smallest absolute Gasteiger partial charge is 0.319 e. The first kappa shape index (κ1) is 21.7. The number of nitrogens with zero attached hydrogens (tertiary/aromatic N) is 1. The highest BCUT2D eigenvalue weighted by Gasteiger charge is 2.52. The summed E-state index contributed by atoms with van der Waals surface area (Å²) < 4.78 is 0. The van der Waals surface area contributed by atoms with Crippen LogP contribution < -0.4 is 10.6 Å². The number of aryl methyl sites for hydroxylation is 1. The number of rotatable bonds is 5. The summed E-state index contributed by atoms with van der Waals surface area (Å²) in [5.74, 6) is 0.150. The van der Waals surface area contributed by atoms with Crippen LogP contribution in [0.1, 0.15) is 65.9 Å². The highest BCUT2D eigenvalue weighted by atomic mass is 16.2. The van der Waals surface area contributed by atoms with Gasteiger partial charge < -0.3 is 15.5 Å². The van der Waals surface area contributed by atoms with E-state index in [0.717, 1.165) is 43.5 Å². The number of likely N-dealkylation sites (tertiary alicyclic amines) is 1. The molecule has 1 aliphatic heterocycles. The van der Waals surface area contributed by atoms with Crippen LogP contribution in [0.25, 0.3) is 0 Å². The lowest BCUT2D eigenvalue weighted by molar-refractivity contribution is -0.135. The Kier molecular flexibility index (Phi) is 5.98. The maximum absolute atomic E-state index is 13.6. The predicted octanol–water partition coefficient (Wildman–Crippen LogP) is 4.96. The Balaban J connectivity index is 1.72. The molecule has 1 aliphatic carbocycles. The SMILES string of the molecule is CCC(C)C(NC(=O)Nc1ccc(C)cc1)C(=O)N1CC2(C)CC1CC(C)(C)C2. The summed E-state index contributed by atoms with van der Waals surface area (Å²) >= 11 is 0. The van der Waals surface area contributed by atoms with Crippen LogP contribution in [0.4, 0.5) is 10.5 Å². The van der Waals surface area contributed by atoms with Crippen LogP contribution >= 0.6 is 0 Å². The number of anilines is 1. The minimum atomic E-state index is -0.503. The van der Waals surface area contributed by atoms with Gasteiger partial charge in [0, 0.05) is 18.3 Å². The van der Waals surface area contributed by atoms with E-state index in [1.165, 1.54) is 0 Å². The Hall–Kier alpha value is -2.04. The van der Waals surface area contributed by atoms with E-state index < -0.39 is 6.04 Å². The van der Waals surface area contributed by atoms with E-state index in [4.69, 9.17) is 0 Å². The molecule has 4 unspecified atom stereocenters. The molecule has 5 heteroatoms. The molecule has 1 saturated heterocycles. The van der Waals surface area contributed by atoms with Crippen molar-refractivity contribution in [3.8, 4) is 0 Å². The van der Waals surface area contributed by atoms with Gasteiger partial charge in [0.25, 0.3) is 0 Å². The fraction of sp³-hybridized carbons (Fsp3) is 0.667. The van der Waals surface area contributed by atoms with Crippen molar-refractivity contribution in [3.05, 3.63) is 29.8 Å². The van der Waals surface area contributed by atoms with Gasteiger partial charge >= 0.3 is 6.03 Å². The van der Waals surface area contributed by atoms with Crippen LogP contribution in [0.2, 0.25) is 0 Å². The van der Waals surface area contributed by atoms with E-state index in [1.54, 1.807) is 0 Å². The molecule has 3 rings (SSSR count). The molecule has 3 amide bonds. The highest BCUT2D eigenvalue weighted by Crippen LogP contribution is 2.52. The molecule has 1 heterocycles. The summed E-state index contributed by atoms with van der Waals surface area (Å²) in [5.41, 5.74) is 2.32. The number of carbonyl (C=O) groups is 2. The molecule has 1 saturated carbocycles. The third-order valence-electron chi connectivity index (χ3n) is 6.77. The first-order valence-electron chi connectivity index (χ1n) is 11.0. The second-order valence-electron chi connectivity index (χ2n) is 10.5. The van der Waals surface area contributed by atoms with E-state index in [0.29, 0.717) is 0 Å². The van der Waals surface area contributed by atoms with Gasteiger partial charge in [-0.2, -0.15) is 0 Å². The number of nitrogens with one attached hydrogen (secondary N) is 2. The summed E-state index contributed by atoms with van der Waals surface area (Å²) in [6, 6.07) is 7.13. The van der Waals surface area contributed by atoms with Gasteiger partial charge in [-0.1, -0.05) is 58.7 Å². The number of hydrogen-bond donors (Lipinski definition) is 2. The summed E-state index contributed by atoms with van der Waals surface area (Å²) in [5, 5.41) is 5.85. The summed E-state index contributed by atoms with van der Waals surface area (Å²) in [6.45, 7) is 13.9. The molecule has 0 radical (unpaired) electrons. The monoisotopic (exact) mass is 399 g/mol. The first-order chi connectivity index (χ1) is 13.5. The number of hydrogen-bond acceptors (Lipinski definition) is 2. The third-order valence-corrected chi connectivity index (χ3v) is 6.77. The second kappa shape index (κ2) is 8.00. The molecular formula is C24H37N3O2. The maximum atomic E-state index is 13.6. The molecule has 160 valence electrons. The number of urea groups is 1. The van der Waals surface area contributed by atoms with Crippen LogP contribution in [-0.4, -0.2) is 35.5 Å². The molecule has 5 nitrogen and oxygen atoms in total. The summed E-state index contributed by atoms with van der Waals surface area (Å²) in [4.78, 5) is 28.3. The average Bonchev–Trinajstić information content (AvgIpc) is 2.89. The average molecular weight is 400 g/mol. The topological polar surface area (TPSA) is 61.4 Å². The van der Waals surface area contributed by atoms with Crippen LogP contribution in [0.5, 0.6) is 0 Å². The quantitative estimate of drug-likeness (QED) is 0.735. The lowest BCUT2D eigenvalue weighted by atomic mass is 9.65. The summed E-state index contributed by atoms with van der Waals surface area (Å²) in [6.07, 6.45) is 4.10. The van der Waals surface area contributed by atoms with Gasteiger partial charge in [-0.3, -0.25) is 4.79 Å². The molecule has 0 aromatic heterocycles. The van der Waals surface area contributed by atoms with Crippen molar-refractivity contribution < 1.29 is 9.59 Å². The standard InChI is InChI=1S/C24H37N3O2/c1-7-17(3)20(26-22(29)25-18-10-8-16(2)9-11-18)21(28)27-15-24(6)13-19(27)12-23(4,5)14-24/h8-11,17,19-20H,7,12-15H2,1-6H3,(H2,25,26,29). The molecule has 2 bridgehead atoms. The predicted molar refractivity (Wildman–Crippen MR) is 118 cm³/mol. The van der Waals surface area contributed by atoms with Crippen molar-refractivity contribution in [3.63, 3.8) is 0 Å². The third kappa shape index (κ3) is 4.93.